The lowest BCUT2D eigenvalue weighted by Gasteiger charge is -1.84. The van der Waals surface area contributed by atoms with E-state index in [0.29, 0.717) is 0 Å². The highest BCUT2D eigenvalue weighted by Crippen LogP contribution is 1.82. The Bertz CT molecular complexity index is 197. The van der Waals surface area contributed by atoms with E-state index in [9.17, 15) is 10.1 Å². The second-order valence-corrected chi connectivity index (χ2v) is 2.65. The van der Waals surface area contributed by atoms with Crippen LogP contribution in [0.3, 0.4) is 0 Å². The van der Waals surface area contributed by atoms with Crippen LogP contribution in [0.25, 0.3) is 10.4 Å². The van der Waals surface area contributed by atoms with Crippen molar-refractivity contribution >= 4 is 9.12 Å². The highest BCUT2D eigenvalue weighted by molar-refractivity contribution is 6.56. The van der Waals surface area contributed by atoms with Crippen LogP contribution in [0.2, 0.25) is 0 Å². The molecule has 1 unspecified atom stereocenters. The molecule has 0 saturated carbocycles. The summed E-state index contributed by atoms with van der Waals surface area (Å²) in [4.78, 5) is 11.9. The van der Waals surface area contributed by atoms with Gasteiger partial charge in [0, 0.05) is 4.91 Å². The third-order valence-corrected chi connectivity index (χ3v) is 1.43. The highest BCUT2D eigenvalue weighted by Gasteiger charge is 2.22. The lowest BCUT2D eigenvalue weighted by Crippen LogP contribution is -2.19. The van der Waals surface area contributed by atoms with Gasteiger partial charge in [0.1, 0.15) is 5.69 Å². The Morgan fingerprint density at radius 1 is 2.00 bits per heavy atom. The number of rotatable bonds is 2. The van der Waals surface area contributed by atoms with Gasteiger partial charge >= 0.3 is 9.12 Å². The molecule has 0 radical (unpaired) electrons. The fourth-order valence-electron chi connectivity index (χ4n) is 0.164. The van der Waals surface area contributed by atoms with Crippen molar-refractivity contribution in [3.8, 4) is 5.69 Å². The summed E-state index contributed by atoms with van der Waals surface area (Å²) in [6, 6.07) is 0. The molecule has 8 heteroatoms. The molecule has 0 fully saturated rings. The van der Waals surface area contributed by atoms with Gasteiger partial charge in [0.15, 0.2) is 0 Å². The molecule has 9 heavy (non-hydrogen) atoms. The lowest BCUT2D eigenvalue weighted by molar-refractivity contribution is -0.328. The SMILES string of the molecule is N#C[SiH](N=[N+]=[N-])[N+](=O)[O-]. The molecular formula is CHN5O2Si. The van der Waals surface area contributed by atoms with Crippen LogP contribution in [0, 0.1) is 21.1 Å². The molecule has 0 aliphatic carbocycles. The molecule has 0 N–H and O–H groups in total. The zero-order valence-electron chi connectivity index (χ0n) is 4.13. The molecule has 1 atom stereocenters. The van der Waals surface area contributed by atoms with Gasteiger partial charge in [0.25, 0.3) is 0 Å². The smallest absolute Gasteiger partial charge is 0.288 e. The Hall–Kier alpha value is -1.58. The monoisotopic (exact) mass is 143 g/mol. The summed E-state index contributed by atoms with van der Waals surface area (Å²) in [6.45, 7) is 0. The maximum atomic E-state index is 9.70. The average molecular weight is 143 g/mol. The van der Waals surface area contributed by atoms with Gasteiger partial charge in [-0.15, -0.1) is 0 Å². The van der Waals surface area contributed by atoms with Crippen molar-refractivity contribution in [2.45, 2.75) is 0 Å². The number of hydrogen-bond donors (Lipinski definition) is 0. The Labute approximate surface area is 51.1 Å². The summed E-state index contributed by atoms with van der Waals surface area (Å²) in [7, 11) is -3.05. The second kappa shape index (κ2) is 3.42. The molecule has 0 saturated heterocycles. The molecule has 7 nitrogen and oxygen atoms in total. The van der Waals surface area contributed by atoms with Crippen LogP contribution >= 0.6 is 0 Å². The fourth-order valence-corrected chi connectivity index (χ4v) is 0.492. The average Bonchev–Trinajstić information content (AvgIpc) is 1.82. The predicted molar refractivity (Wildman–Crippen MR) is 28.9 cm³/mol. The Morgan fingerprint density at radius 3 is 2.67 bits per heavy atom. The summed E-state index contributed by atoms with van der Waals surface area (Å²) in [6.07, 6.45) is 0. The van der Waals surface area contributed by atoms with Gasteiger partial charge in [0.2, 0.25) is 0 Å². The molecule has 0 bridgehead atoms. The molecule has 46 valence electrons. The fraction of sp³-hybridized carbons (Fsp3) is 0. The minimum Gasteiger partial charge on any atom is -0.288 e. The van der Waals surface area contributed by atoms with Crippen molar-refractivity contribution in [3.63, 3.8) is 0 Å². The van der Waals surface area contributed by atoms with Crippen LogP contribution < -0.4 is 0 Å². The first-order chi connectivity index (χ1) is 4.22. The van der Waals surface area contributed by atoms with E-state index in [1.165, 1.54) is 5.69 Å². The maximum absolute atomic E-state index is 9.70. The van der Waals surface area contributed by atoms with Crippen LogP contribution in [0.4, 0.5) is 0 Å². The summed E-state index contributed by atoms with van der Waals surface area (Å²) in [5, 5.41) is 17.6. The predicted octanol–water partition coefficient (Wildman–Crippen LogP) is -0.143. The van der Waals surface area contributed by atoms with Gasteiger partial charge in [0.05, 0.1) is 0 Å². The minimum atomic E-state index is -3.05. The number of azide groups is 1. The normalized spacial score (nSPS) is 10.6. The van der Waals surface area contributed by atoms with Crippen LogP contribution in [-0.4, -0.2) is 13.7 Å². The number of nitriles is 1. The van der Waals surface area contributed by atoms with Gasteiger partial charge in [-0.25, -0.2) is 0 Å². The van der Waals surface area contributed by atoms with Gasteiger partial charge < -0.3 is 0 Å². The minimum absolute atomic E-state index is 0.834. The highest BCUT2D eigenvalue weighted by atomic mass is 28.3. The van der Waals surface area contributed by atoms with Crippen molar-refractivity contribution in [2.24, 2.45) is 4.78 Å². The van der Waals surface area contributed by atoms with E-state index >= 15 is 0 Å². The zero-order valence-corrected chi connectivity index (χ0v) is 5.28. The zero-order chi connectivity index (χ0) is 7.28. The number of nitro groups is 1. The molecule has 0 heterocycles. The summed E-state index contributed by atoms with van der Waals surface area (Å²) < 4.78 is 1.87. The van der Waals surface area contributed by atoms with Crippen LogP contribution in [0.5, 0.6) is 0 Å². The van der Waals surface area contributed by atoms with Crippen LogP contribution in [0.15, 0.2) is 4.78 Å². The molecule has 0 rings (SSSR count). The second-order valence-electron chi connectivity index (χ2n) is 0.993. The van der Waals surface area contributed by atoms with Crippen molar-refractivity contribution in [2.75, 3.05) is 0 Å². The Balaban J connectivity index is 4.21. The first kappa shape index (κ1) is 7.42. The van der Waals surface area contributed by atoms with E-state index in [2.05, 4.69) is 9.69 Å². The third kappa shape index (κ3) is 2.28. The summed E-state index contributed by atoms with van der Waals surface area (Å²) in [5.74, 6) is 0. The molecule has 0 aromatic carbocycles. The topological polar surface area (TPSA) is 116 Å². The van der Waals surface area contributed by atoms with E-state index < -0.39 is 13.7 Å². The number of nitrogens with zero attached hydrogens (tertiary/aromatic N) is 5. The third-order valence-electron chi connectivity index (χ3n) is 0.476. The van der Waals surface area contributed by atoms with Gasteiger partial charge in [-0.1, -0.05) is 0 Å². The molecule has 0 amide bonds. The van der Waals surface area contributed by atoms with E-state index in [1.807, 2.05) is 0 Å². The maximum Gasteiger partial charge on any atom is 0.600 e. The first-order valence-electron chi connectivity index (χ1n) is 1.79. The van der Waals surface area contributed by atoms with Gasteiger partial charge in [-0.05, 0) is 14.9 Å². The standard InChI is InChI=1S/CHN5O2Si/c2-1-9(5-4-3)6(7)8/h9H. The quantitative estimate of drug-likeness (QED) is 0.134. The molecular weight excluding hydrogens is 142 g/mol. The van der Waals surface area contributed by atoms with E-state index in [4.69, 9.17) is 10.8 Å². The van der Waals surface area contributed by atoms with Gasteiger partial charge in [-0.3, -0.25) is 10.1 Å². The van der Waals surface area contributed by atoms with Crippen molar-refractivity contribution in [1.29, 1.82) is 5.26 Å². The summed E-state index contributed by atoms with van der Waals surface area (Å²) >= 11 is 0. The first-order valence-corrected chi connectivity index (χ1v) is 3.40. The van der Waals surface area contributed by atoms with Crippen LogP contribution in [-0.2, 0) is 0 Å². The lowest BCUT2D eigenvalue weighted by atomic mass is 11.8. The molecule has 0 aromatic heterocycles. The molecule has 0 aromatic rings. The van der Waals surface area contributed by atoms with Crippen molar-refractivity contribution in [3.05, 3.63) is 20.6 Å². The molecule has 0 spiro atoms. The van der Waals surface area contributed by atoms with Crippen molar-refractivity contribution in [1.82, 2.24) is 0 Å². The molecule has 0 aliphatic heterocycles. The van der Waals surface area contributed by atoms with E-state index in [1.54, 1.807) is 0 Å². The van der Waals surface area contributed by atoms with Crippen LogP contribution in [0.1, 0.15) is 0 Å². The Kier molecular flexibility index (Phi) is 2.82. The van der Waals surface area contributed by atoms with E-state index in [-0.39, 0.29) is 0 Å². The largest absolute Gasteiger partial charge is 0.600 e. The summed E-state index contributed by atoms with van der Waals surface area (Å²) in [5.41, 5.74) is 8.98. The molecule has 0 aliphatic rings. The van der Waals surface area contributed by atoms with E-state index in [0.717, 1.165) is 0 Å². The van der Waals surface area contributed by atoms with Gasteiger partial charge in [-0.2, -0.15) is 5.26 Å². The van der Waals surface area contributed by atoms with Crippen molar-refractivity contribution < 1.29 is 4.59 Å². The number of hydrogen-bond acceptors (Lipinski definition) is 4. The Morgan fingerprint density at radius 2 is 2.56 bits per heavy atom.